The van der Waals surface area contributed by atoms with Crippen molar-refractivity contribution in [2.24, 2.45) is 28.9 Å². The van der Waals surface area contributed by atoms with Gasteiger partial charge in [-0.05, 0) is 74.5 Å². The predicted molar refractivity (Wildman–Crippen MR) is 118 cm³/mol. The van der Waals surface area contributed by atoms with Crippen molar-refractivity contribution in [3.05, 3.63) is 34.2 Å². The van der Waals surface area contributed by atoms with Gasteiger partial charge in [-0.2, -0.15) is 5.26 Å². The minimum atomic E-state index is -0.403. The van der Waals surface area contributed by atoms with E-state index in [1.807, 2.05) is 0 Å². The quantitative estimate of drug-likeness (QED) is 0.741. The summed E-state index contributed by atoms with van der Waals surface area (Å²) in [6.45, 7) is 0.927. The molecule has 1 aromatic heterocycles. The third-order valence-corrected chi connectivity index (χ3v) is 8.58. The van der Waals surface area contributed by atoms with Gasteiger partial charge in [0.15, 0.2) is 0 Å². The monoisotopic (exact) mass is 449 g/mol. The Balaban J connectivity index is 1.16. The standard InChI is InChI=1S/C24H27N5O4/c25-11-13-1-2-19-18(7-13)27-22(31)29(19)17-3-4-28(12-17)23(32)33-20-15-5-14-6-16(20)10-24(8-14,9-15)21(26)30/h1-2,7,14-17,20H,3-6,8-10,12H2,(H2,26,30)(H,27,31)/t14?,15-,16?,17+,20?,24?/m0/s1. The second-order valence-corrected chi connectivity index (χ2v) is 10.5. The van der Waals surface area contributed by atoms with Crippen molar-refractivity contribution < 1.29 is 14.3 Å². The first-order valence-corrected chi connectivity index (χ1v) is 11.8. The van der Waals surface area contributed by atoms with Gasteiger partial charge in [0.1, 0.15) is 6.10 Å². The fraction of sp³-hybridized carbons (Fsp3) is 0.583. The Labute approximate surface area is 190 Å². The molecule has 6 atom stereocenters. The second-order valence-electron chi connectivity index (χ2n) is 10.5. The highest BCUT2D eigenvalue weighted by Gasteiger charge is 2.59. The molecular weight excluding hydrogens is 422 g/mol. The predicted octanol–water partition coefficient (Wildman–Crippen LogP) is 2.26. The molecule has 1 aromatic carbocycles. The number of benzene rings is 1. The molecule has 172 valence electrons. The van der Waals surface area contributed by atoms with E-state index < -0.39 is 5.41 Å². The summed E-state index contributed by atoms with van der Waals surface area (Å²) in [5.74, 6) is 0.727. The van der Waals surface area contributed by atoms with E-state index in [0.29, 0.717) is 36.5 Å². The highest BCUT2D eigenvalue weighted by Crippen LogP contribution is 2.60. The molecule has 2 aromatic rings. The SMILES string of the molecule is N#Cc1ccc2c(c1)[nH]c(=O)n2[C@@H]1CCN(C(=O)OC2C3CC4C[C@H]2CC(C(N)=O)(C4)C3)C1. The van der Waals surface area contributed by atoms with Gasteiger partial charge >= 0.3 is 11.8 Å². The number of hydrogen-bond donors (Lipinski definition) is 2. The van der Waals surface area contributed by atoms with Crippen LogP contribution in [0.4, 0.5) is 4.79 Å². The zero-order valence-electron chi connectivity index (χ0n) is 18.3. The molecule has 4 bridgehead atoms. The van der Waals surface area contributed by atoms with Crippen LogP contribution in [0, 0.1) is 34.5 Å². The van der Waals surface area contributed by atoms with Crippen molar-refractivity contribution in [2.75, 3.05) is 13.1 Å². The Kier molecular flexibility index (Phi) is 4.38. The maximum absolute atomic E-state index is 13.1. The van der Waals surface area contributed by atoms with Crippen molar-refractivity contribution >= 4 is 23.0 Å². The zero-order valence-corrected chi connectivity index (χ0v) is 18.3. The first-order valence-electron chi connectivity index (χ1n) is 11.8. The highest BCUT2D eigenvalue weighted by atomic mass is 16.6. The molecule has 4 saturated carbocycles. The third kappa shape index (κ3) is 3.07. The fourth-order valence-corrected chi connectivity index (χ4v) is 7.34. The van der Waals surface area contributed by atoms with Crippen LogP contribution in [0.3, 0.4) is 0 Å². The number of rotatable bonds is 3. The number of aromatic nitrogens is 2. The van der Waals surface area contributed by atoms with Gasteiger partial charge in [-0.25, -0.2) is 9.59 Å². The molecule has 2 amide bonds. The van der Waals surface area contributed by atoms with E-state index in [0.717, 1.165) is 37.6 Å². The second kappa shape index (κ2) is 7.11. The number of aromatic amines is 1. The topological polar surface area (TPSA) is 134 Å². The summed E-state index contributed by atoms with van der Waals surface area (Å²) in [5, 5.41) is 9.10. The van der Waals surface area contributed by atoms with E-state index >= 15 is 0 Å². The van der Waals surface area contributed by atoms with Gasteiger partial charge in [0.2, 0.25) is 5.91 Å². The fourth-order valence-electron chi connectivity index (χ4n) is 7.34. The molecule has 5 fully saturated rings. The van der Waals surface area contributed by atoms with Crippen LogP contribution in [0.2, 0.25) is 0 Å². The summed E-state index contributed by atoms with van der Waals surface area (Å²) in [4.78, 5) is 42.4. The van der Waals surface area contributed by atoms with E-state index in [2.05, 4.69) is 11.1 Å². The third-order valence-electron chi connectivity index (χ3n) is 8.58. The van der Waals surface area contributed by atoms with E-state index in [1.54, 1.807) is 27.7 Å². The number of nitrogens with zero attached hydrogens (tertiary/aromatic N) is 3. The Morgan fingerprint density at radius 3 is 2.67 bits per heavy atom. The number of H-pyrrole nitrogens is 1. The van der Waals surface area contributed by atoms with Gasteiger partial charge in [-0.15, -0.1) is 0 Å². The zero-order chi connectivity index (χ0) is 22.9. The Hall–Kier alpha value is -3.28. The number of likely N-dealkylation sites (tertiary alicyclic amines) is 1. The lowest BCUT2D eigenvalue weighted by Gasteiger charge is -2.58. The van der Waals surface area contributed by atoms with E-state index in [9.17, 15) is 14.4 Å². The molecule has 5 aliphatic rings. The molecule has 1 saturated heterocycles. The molecule has 0 spiro atoms. The molecule has 9 heteroatoms. The van der Waals surface area contributed by atoms with Gasteiger partial charge in [0.25, 0.3) is 0 Å². The molecule has 9 nitrogen and oxygen atoms in total. The van der Waals surface area contributed by atoms with Gasteiger partial charge in [0, 0.05) is 13.1 Å². The smallest absolute Gasteiger partial charge is 0.410 e. The van der Waals surface area contributed by atoms with Crippen LogP contribution in [0.25, 0.3) is 11.0 Å². The summed E-state index contributed by atoms with van der Waals surface area (Å²) < 4.78 is 7.74. The molecule has 7 rings (SSSR count). The van der Waals surface area contributed by atoms with Crippen LogP contribution < -0.4 is 11.4 Å². The molecular formula is C24H27N5O4. The normalized spacial score (nSPS) is 34.5. The summed E-state index contributed by atoms with van der Waals surface area (Å²) in [6, 6.07) is 7.07. The number of ether oxygens (including phenoxy) is 1. The van der Waals surface area contributed by atoms with E-state index in [4.69, 9.17) is 15.7 Å². The lowest BCUT2D eigenvalue weighted by Crippen LogP contribution is -2.59. The van der Waals surface area contributed by atoms with Crippen LogP contribution in [0.15, 0.2) is 23.0 Å². The summed E-state index contributed by atoms with van der Waals surface area (Å²) >= 11 is 0. The van der Waals surface area contributed by atoms with Crippen molar-refractivity contribution in [1.82, 2.24) is 14.5 Å². The van der Waals surface area contributed by atoms with E-state index in [-0.39, 0.29) is 41.7 Å². The number of carbonyl (C=O) groups is 2. The molecule has 4 unspecified atom stereocenters. The molecule has 1 aliphatic heterocycles. The van der Waals surface area contributed by atoms with Gasteiger partial charge in [-0.1, -0.05) is 0 Å². The number of imidazole rings is 1. The van der Waals surface area contributed by atoms with Gasteiger partial charge in [0.05, 0.1) is 34.1 Å². The van der Waals surface area contributed by atoms with Crippen LogP contribution in [-0.2, 0) is 9.53 Å². The van der Waals surface area contributed by atoms with Crippen LogP contribution in [0.5, 0.6) is 0 Å². The Bertz CT molecular complexity index is 1240. The van der Waals surface area contributed by atoms with Gasteiger partial charge in [-0.3, -0.25) is 9.36 Å². The maximum atomic E-state index is 13.1. The number of nitrogens with one attached hydrogen (secondary N) is 1. The van der Waals surface area contributed by atoms with Crippen LogP contribution >= 0.6 is 0 Å². The van der Waals surface area contributed by atoms with Crippen molar-refractivity contribution in [2.45, 2.75) is 50.7 Å². The number of nitrogens with two attached hydrogens (primary N) is 1. The van der Waals surface area contributed by atoms with Crippen molar-refractivity contribution in [1.29, 1.82) is 5.26 Å². The molecule has 2 heterocycles. The average molecular weight is 450 g/mol. The van der Waals surface area contributed by atoms with Crippen LogP contribution in [-0.4, -0.2) is 45.6 Å². The number of carbonyl (C=O) groups excluding carboxylic acids is 2. The molecule has 0 radical (unpaired) electrons. The average Bonchev–Trinajstić information content (AvgIpc) is 3.38. The van der Waals surface area contributed by atoms with Crippen LogP contribution in [0.1, 0.15) is 50.1 Å². The minimum Gasteiger partial charge on any atom is -0.446 e. The van der Waals surface area contributed by atoms with Gasteiger partial charge < -0.3 is 20.4 Å². The number of primary amides is 1. The highest BCUT2D eigenvalue weighted by molar-refractivity contribution is 5.81. The Morgan fingerprint density at radius 1 is 1.21 bits per heavy atom. The first-order chi connectivity index (χ1) is 15.9. The number of fused-ring (bicyclic) bond motifs is 1. The largest absolute Gasteiger partial charge is 0.446 e. The summed E-state index contributed by atoms with van der Waals surface area (Å²) in [7, 11) is 0. The number of amides is 2. The summed E-state index contributed by atoms with van der Waals surface area (Å²) in [5.41, 5.74) is 6.97. The summed E-state index contributed by atoms with van der Waals surface area (Å²) in [6.07, 6.45) is 4.52. The lowest BCUT2D eigenvalue weighted by atomic mass is 9.48. The Morgan fingerprint density at radius 2 is 1.97 bits per heavy atom. The molecule has 4 aliphatic carbocycles. The van der Waals surface area contributed by atoms with E-state index in [1.165, 1.54) is 0 Å². The van der Waals surface area contributed by atoms with Crippen molar-refractivity contribution in [3.8, 4) is 6.07 Å². The number of nitriles is 1. The maximum Gasteiger partial charge on any atom is 0.410 e. The first kappa shape index (κ1) is 20.3. The minimum absolute atomic E-state index is 0.150. The molecule has 33 heavy (non-hydrogen) atoms. The molecule has 3 N–H and O–H groups in total. The lowest BCUT2D eigenvalue weighted by molar-refractivity contribution is -0.161. The van der Waals surface area contributed by atoms with Crippen molar-refractivity contribution in [3.63, 3.8) is 0 Å². The number of hydrogen-bond acceptors (Lipinski definition) is 5.